The van der Waals surface area contributed by atoms with Gasteiger partial charge in [0.25, 0.3) is 0 Å². The van der Waals surface area contributed by atoms with E-state index in [9.17, 15) is 9.59 Å². The van der Waals surface area contributed by atoms with Crippen molar-refractivity contribution in [2.24, 2.45) is 0 Å². The van der Waals surface area contributed by atoms with Gasteiger partial charge >= 0.3 is 12.1 Å². The predicted molar refractivity (Wildman–Crippen MR) is 119 cm³/mol. The van der Waals surface area contributed by atoms with Gasteiger partial charge in [-0.3, -0.25) is 5.32 Å². The average Bonchev–Trinajstić information content (AvgIpc) is 3.42. The topological polar surface area (TPSA) is 93.5 Å². The highest BCUT2D eigenvalue weighted by molar-refractivity contribution is 5.86. The van der Waals surface area contributed by atoms with Crippen LogP contribution in [0.5, 0.6) is 0 Å². The van der Waals surface area contributed by atoms with Gasteiger partial charge in [0.15, 0.2) is 5.69 Å². The lowest BCUT2D eigenvalue weighted by Crippen LogP contribution is -2.18. The Morgan fingerprint density at radius 1 is 0.938 bits per heavy atom. The molecule has 1 amide bonds. The maximum Gasteiger partial charge on any atom is 0.411 e. The molecule has 3 aromatic carbocycles. The van der Waals surface area contributed by atoms with Gasteiger partial charge in [-0.2, -0.15) is 5.10 Å². The second-order valence-electron chi connectivity index (χ2n) is 7.45. The average molecular weight is 425 g/mol. The normalized spacial score (nSPS) is 12.1. The minimum absolute atomic E-state index is 0.0157. The summed E-state index contributed by atoms with van der Waals surface area (Å²) in [5.41, 5.74) is 5.73. The van der Waals surface area contributed by atoms with Crippen molar-refractivity contribution < 1.29 is 19.4 Å². The summed E-state index contributed by atoms with van der Waals surface area (Å²) in [6.45, 7) is 0.223. The van der Waals surface area contributed by atoms with Crippen LogP contribution in [0.1, 0.15) is 27.5 Å². The largest absolute Gasteiger partial charge is 0.476 e. The monoisotopic (exact) mass is 425 g/mol. The number of aromatic nitrogens is 2. The van der Waals surface area contributed by atoms with Crippen molar-refractivity contribution in [1.82, 2.24) is 9.78 Å². The lowest BCUT2D eigenvalue weighted by Gasteiger charge is -2.15. The first-order chi connectivity index (χ1) is 15.6. The van der Waals surface area contributed by atoms with Crippen LogP contribution in [0, 0.1) is 0 Å². The lowest BCUT2D eigenvalue weighted by atomic mass is 9.98. The molecule has 0 atom stereocenters. The van der Waals surface area contributed by atoms with Crippen molar-refractivity contribution in [3.63, 3.8) is 0 Å². The van der Waals surface area contributed by atoms with Crippen LogP contribution in [0.15, 0.2) is 85.1 Å². The molecule has 1 heterocycles. The smallest absolute Gasteiger partial charge is 0.411 e. The summed E-state index contributed by atoms with van der Waals surface area (Å²) in [4.78, 5) is 23.5. The Morgan fingerprint density at radius 3 is 2.28 bits per heavy atom. The number of hydrogen-bond donors (Lipinski definition) is 2. The summed E-state index contributed by atoms with van der Waals surface area (Å²) >= 11 is 0. The van der Waals surface area contributed by atoms with Crippen LogP contribution in [0.25, 0.3) is 16.8 Å². The van der Waals surface area contributed by atoms with E-state index in [2.05, 4.69) is 34.7 Å². The van der Waals surface area contributed by atoms with E-state index in [0.717, 1.165) is 11.1 Å². The number of anilines is 1. The molecule has 0 spiro atoms. The Kier molecular flexibility index (Phi) is 4.91. The van der Waals surface area contributed by atoms with E-state index in [0.29, 0.717) is 11.4 Å². The summed E-state index contributed by atoms with van der Waals surface area (Å²) in [5.74, 6) is -1.12. The zero-order valence-electron chi connectivity index (χ0n) is 16.9. The Morgan fingerprint density at radius 2 is 1.62 bits per heavy atom. The predicted octanol–water partition coefficient (Wildman–Crippen LogP) is 4.93. The van der Waals surface area contributed by atoms with Crippen molar-refractivity contribution in [2.45, 2.75) is 5.92 Å². The molecular formula is C25H19N3O4. The third-order valence-corrected chi connectivity index (χ3v) is 5.51. The molecule has 7 heteroatoms. The molecule has 5 rings (SSSR count). The van der Waals surface area contributed by atoms with E-state index in [1.165, 1.54) is 21.9 Å². The van der Waals surface area contributed by atoms with Crippen LogP contribution in [0.3, 0.4) is 0 Å². The molecule has 2 N–H and O–H groups in total. The van der Waals surface area contributed by atoms with Crippen LogP contribution < -0.4 is 5.32 Å². The molecule has 0 unspecified atom stereocenters. The van der Waals surface area contributed by atoms with Gasteiger partial charge in [-0.25, -0.2) is 14.3 Å². The van der Waals surface area contributed by atoms with Gasteiger partial charge < -0.3 is 9.84 Å². The van der Waals surface area contributed by atoms with Gasteiger partial charge in [0.1, 0.15) is 6.61 Å². The summed E-state index contributed by atoms with van der Waals surface area (Å²) in [7, 11) is 0. The number of nitrogens with one attached hydrogen (secondary N) is 1. The molecule has 4 aromatic rings. The fraction of sp³-hybridized carbons (Fsp3) is 0.0800. The number of aromatic carboxylic acids is 1. The molecule has 1 aromatic heterocycles. The number of hydrogen-bond acceptors (Lipinski definition) is 4. The second kappa shape index (κ2) is 8.03. The van der Waals surface area contributed by atoms with Crippen molar-refractivity contribution >= 4 is 17.7 Å². The summed E-state index contributed by atoms with van der Waals surface area (Å²) in [6.07, 6.45) is 0.992. The molecular weight excluding hydrogens is 406 g/mol. The number of carboxylic acids is 1. The maximum atomic E-state index is 12.5. The van der Waals surface area contributed by atoms with Crippen molar-refractivity contribution in [3.8, 4) is 16.8 Å². The van der Waals surface area contributed by atoms with Crippen LogP contribution in [0.4, 0.5) is 10.5 Å². The van der Waals surface area contributed by atoms with Gasteiger partial charge in [0.05, 0.1) is 5.69 Å². The number of carboxylic acid groups (broad SMARTS) is 1. The molecule has 1 aliphatic rings. The highest BCUT2D eigenvalue weighted by atomic mass is 16.5. The minimum Gasteiger partial charge on any atom is -0.476 e. The Labute approximate surface area is 183 Å². The third kappa shape index (κ3) is 3.60. The lowest BCUT2D eigenvalue weighted by molar-refractivity contribution is 0.0690. The first-order valence-electron chi connectivity index (χ1n) is 10.1. The zero-order chi connectivity index (χ0) is 22.1. The highest BCUT2D eigenvalue weighted by Gasteiger charge is 2.29. The molecule has 0 saturated heterocycles. The molecule has 32 heavy (non-hydrogen) atoms. The number of amides is 1. The Balaban J connectivity index is 1.28. The molecule has 0 aliphatic heterocycles. The number of rotatable bonds is 5. The van der Waals surface area contributed by atoms with Crippen LogP contribution in [-0.2, 0) is 4.74 Å². The first-order valence-corrected chi connectivity index (χ1v) is 10.1. The van der Waals surface area contributed by atoms with Gasteiger partial charge in [-0.15, -0.1) is 0 Å². The quantitative estimate of drug-likeness (QED) is 0.473. The minimum atomic E-state index is -1.10. The standard InChI is InChI=1S/C25H19N3O4/c29-24(30)23-12-13-28(27-23)17-7-5-6-16(14-17)26-25(31)32-15-22-20-10-3-1-8-18(20)19-9-2-4-11-21(19)22/h1-14,22H,15H2,(H,26,31)(H,29,30). The number of carbonyl (C=O) groups excluding carboxylic acids is 1. The molecule has 0 saturated carbocycles. The van der Waals surface area contributed by atoms with E-state index < -0.39 is 12.1 Å². The van der Waals surface area contributed by atoms with Crippen molar-refractivity contribution in [2.75, 3.05) is 11.9 Å². The molecule has 0 bridgehead atoms. The van der Waals surface area contributed by atoms with Crippen molar-refractivity contribution in [1.29, 1.82) is 0 Å². The fourth-order valence-corrected chi connectivity index (χ4v) is 4.06. The molecule has 158 valence electrons. The van der Waals surface area contributed by atoms with Crippen LogP contribution in [0.2, 0.25) is 0 Å². The third-order valence-electron chi connectivity index (χ3n) is 5.51. The van der Waals surface area contributed by atoms with Crippen LogP contribution in [-0.4, -0.2) is 33.6 Å². The van der Waals surface area contributed by atoms with Gasteiger partial charge in [-0.1, -0.05) is 54.6 Å². The first kappa shape index (κ1) is 19.6. The summed E-state index contributed by atoms with van der Waals surface area (Å²) < 4.78 is 7.01. The van der Waals surface area contributed by atoms with E-state index in [4.69, 9.17) is 9.84 Å². The Hall–Kier alpha value is -4.39. The number of ether oxygens (including phenoxy) is 1. The number of benzene rings is 3. The number of fused-ring (bicyclic) bond motifs is 3. The van der Waals surface area contributed by atoms with Crippen LogP contribution >= 0.6 is 0 Å². The van der Waals surface area contributed by atoms with Gasteiger partial charge in [-0.05, 0) is 46.5 Å². The Bertz CT molecular complexity index is 1280. The molecule has 0 radical (unpaired) electrons. The van der Waals surface area contributed by atoms with E-state index in [1.807, 2.05) is 24.3 Å². The summed E-state index contributed by atoms with van der Waals surface area (Å²) in [6, 6.07) is 24.7. The number of nitrogens with zero attached hydrogens (tertiary/aromatic N) is 2. The zero-order valence-corrected chi connectivity index (χ0v) is 16.9. The highest BCUT2D eigenvalue weighted by Crippen LogP contribution is 2.44. The van der Waals surface area contributed by atoms with Gasteiger partial charge in [0.2, 0.25) is 0 Å². The van der Waals surface area contributed by atoms with Crippen molar-refractivity contribution in [3.05, 3.63) is 102 Å². The molecule has 1 aliphatic carbocycles. The van der Waals surface area contributed by atoms with Gasteiger partial charge in [0, 0.05) is 17.8 Å². The van der Waals surface area contributed by atoms with E-state index in [-0.39, 0.29) is 18.2 Å². The molecule has 7 nitrogen and oxygen atoms in total. The second-order valence-corrected chi connectivity index (χ2v) is 7.45. The summed E-state index contributed by atoms with van der Waals surface area (Å²) in [5, 5.41) is 15.8. The fourth-order valence-electron chi connectivity index (χ4n) is 4.06. The SMILES string of the molecule is O=C(Nc1cccc(-n2ccc(C(=O)O)n2)c1)OCC1c2ccccc2-c2ccccc21. The maximum absolute atomic E-state index is 12.5. The molecule has 0 fully saturated rings. The van der Waals surface area contributed by atoms with E-state index >= 15 is 0 Å². The number of carbonyl (C=O) groups is 2. The van der Waals surface area contributed by atoms with E-state index in [1.54, 1.807) is 30.5 Å².